The number of benzene rings is 1. The number of hydrogen-bond donors (Lipinski definition) is 1. The summed E-state index contributed by atoms with van der Waals surface area (Å²) in [6, 6.07) is 10.5. The average molecular weight is 347 g/mol. The summed E-state index contributed by atoms with van der Waals surface area (Å²) in [6.45, 7) is 5.59. The molecule has 0 unspecified atom stereocenters. The minimum atomic E-state index is -3.35. The smallest absolute Gasteiger partial charge is 0.221 e. The van der Waals surface area contributed by atoms with Crippen molar-refractivity contribution in [3.05, 3.63) is 54.4 Å². The van der Waals surface area contributed by atoms with Crippen LogP contribution in [-0.4, -0.2) is 20.1 Å². The molecule has 1 amide bonds. The number of rotatable bonds is 6. The van der Waals surface area contributed by atoms with Gasteiger partial charge < -0.3 is 5.32 Å². The van der Waals surface area contributed by atoms with Gasteiger partial charge >= 0.3 is 0 Å². The van der Waals surface area contributed by atoms with Gasteiger partial charge in [0.25, 0.3) is 0 Å². The predicted molar refractivity (Wildman–Crippen MR) is 93.5 cm³/mol. The van der Waals surface area contributed by atoms with E-state index in [1.165, 1.54) is 19.1 Å². The van der Waals surface area contributed by atoms with Crippen LogP contribution in [0.25, 0.3) is 0 Å². The highest BCUT2D eigenvalue weighted by Crippen LogP contribution is 2.16. The molecule has 1 heterocycles. The first-order chi connectivity index (χ1) is 11.3. The van der Waals surface area contributed by atoms with Crippen LogP contribution in [0.4, 0.5) is 5.69 Å². The Morgan fingerprint density at radius 2 is 1.67 bits per heavy atom. The summed E-state index contributed by atoms with van der Waals surface area (Å²) in [6.07, 6.45) is 4.40. The standard InChI is InChI=1S/C18H22N2O3S/c1-14(2)20-11-8-16(9-12-20)10-13-24(22,23)18-6-4-17(5-7-18)19-15(3)21/h4-9,11-12,14H,10,13H2,1-3H3/p+1. The van der Waals surface area contributed by atoms with Crippen molar-refractivity contribution >= 4 is 21.4 Å². The number of carbonyl (C=O) groups is 1. The van der Waals surface area contributed by atoms with Crippen LogP contribution in [0.2, 0.25) is 0 Å². The molecule has 6 heteroatoms. The first-order valence-corrected chi connectivity index (χ1v) is 9.53. The minimum Gasteiger partial charge on any atom is -0.326 e. The summed E-state index contributed by atoms with van der Waals surface area (Å²) in [5.74, 6) is -0.133. The van der Waals surface area contributed by atoms with Crippen LogP contribution in [0.5, 0.6) is 0 Å². The summed E-state index contributed by atoms with van der Waals surface area (Å²) in [4.78, 5) is 11.3. The number of nitrogens with zero attached hydrogens (tertiary/aromatic N) is 1. The van der Waals surface area contributed by atoms with Crippen molar-refractivity contribution in [3.63, 3.8) is 0 Å². The lowest BCUT2D eigenvalue weighted by Crippen LogP contribution is -2.35. The number of carbonyl (C=O) groups excluding carboxylic acids is 1. The van der Waals surface area contributed by atoms with Crippen molar-refractivity contribution in [1.82, 2.24) is 0 Å². The lowest BCUT2D eigenvalue weighted by atomic mass is 10.2. The normalized spacial score (nSPS) is 11.5. The Kier molecular flexibility index (Phi) is 5.72. The maximum absolute atomic E-state index is 12.4. The summed E-state index contributed by atoms with van der Waals surface area (Å²) >= 11 is 0. The molecule has 0 radical (unpaired) electrons. The highest BCUT2D eigenvalue weighted by Gasteiger charge is 2.15. The third-order valence-electron chi connectivity index (χ3n) is 3.71. The van der Waals surface area contributed by atoms with E-state index in [1.807, 2.05) is 24.5 Å². The molecule has 0 aliphatic carbocycles. The number of anilines is 1. The van der Waals surface area contributed by atoms with E-state index in [2.05, 4.69) is 23.7 Å². The van der Waals surface area contributed by atoms with Crippen molar-refractivity contribution in [2.24, 2.45) is 0 Å². The van der Waals surface area contributed by atoms with Crippen LogP contribution >= 0.6 is 0 Å². The molecule has 0 fully saturated rings. The predicted octanol–water partition coefficient (Wildman–Crippen LogP) is 2.53. The fraction of sp³-hybridized carbons (Fsp3) is 0.333. The number of aryl methyl sites for hydroxylation is 1. The second kappa shape index (κ2) is 7.57. The largest absolute Gasteiger partial charge is 0.326 e. The lowest BCUT2D eigenvalue weighted by molar-refractivity contribution is -0.716. The maximum Gasteiger partial charge on any atom is 0.221 e. The molecule has 1 aromatic heterocycles. The second-order valence-electron chi connectivity index (χ2n) is 6.02. The number of nitrogens with one attached hydrogen (secondary N) is 1. The summed E-state index contributed by atoms with van der Waals surface area (Å²) in [7, 11) is -3.35. The average Bonchev–Trinajstić information content (AvgIpc) is 2.53. The number of amides is 1. The Bertz CT molecular complexity index is 795. The van der Waals surface area contributed by atoms with Crippen molar-refractivity contribution in [1.29, 1.82) is 0 Å². The third-order valence-corrected chi connectivity index (χ3v) is 5.44. The van der Waals surface area contributed by atoms with Gasteiger partial charge in [0.05, 0.1) is 10.6 Å². The molecule has 0 aliphatic heterocycles. The van der Waals surface area contributed by atoms with E-state index in [-0.39, 0.29) is 16.6 Å². The molecule has 0 aliphatic rings. The van der Waals surface area contributed by atoms with E-state index in [9.17, 15) is 13.2 Å². The minimum absolute atomic E-state index is 0.0537. The van der Waals surface area contributed by atoms with Gasteiger partial charge in [-0.25, -0.2) is 13.0 Å². The molecule has 128 valence electrons. The molecular formula is C18H23N2O3S+. The third kappa shape index (κ3) is 4.89. The van der Waals surface area contributed by atoms with E-state index in [1.54, 1.807) is 12.1 Å². The molecule has 5 nitrogen and oxygen atoms in total. The molecule has 2 rings (SSSR count). The zero-order valence-electron chi connectivity index (χ0n) is 14.2. The summed E-state index contributed by atoms with van der Waals surface area (Å²) < 4.78 is 26.9. The number of aromatic nitrogens is 1. The first kappa shape index (κ1) is 18.1. The van der Waals surface area contributed by atoms with Gasteiger partial charge in [-0.2, -0.15) is 0 Å². The van der Waals surface area contributed by atoms with Crippen LogP contribution in [0.15, 0.2) is 53.7 Å². The van der Waals surface area contributed by atoms with Crippen molar-refractivity contribution < 1.29 is 17.8 Å². The quantitative estimate of drug-likeness (QED) is 0.817. The van der Waals surface area contributed by atoms with Gasteiger partial charge in [-0.05, 0) is 50.1 Å². The fourth-order valence-corrected chi connectivity index (χ4v) is 3.59. The van der Waals surface area contributed by atoms with Crippen LogP contribution in [0.3, 0.4) is 0 Å². The highest BCUT2D eigenvalue weighted by molar-refractivity contribution is 7.91. The zero-order valence-corrected chi connectivity index (χ0v) is 15.0. The van der Waals surface area contributed by atoms with E-state index in [4.69, 9.17) is 0 Å². The Morgan fingerprint density at radius 1 is 1.08 bits per heavy atom. The SMILES string of the molecule is CC(=O)Nc1ccc(S(=O)(=O)CCc2cc[n+](C(C)C)cc2)cc1. The number of sulfone groups is 1. The second-order valence-corrected chi connectivity index (χ2v) is 8.13. The van der Waals surface area contributed by atoms with Crippen LogP contribution in [0, 0.1) is 0 Å². The molecule has 24 heavy (non-hydrogen) atoms. The Labute approximate surface area is 143 Å². The van der Waals surface area contributed by atoms with Crippen LogP contribution in [-0.2, 0) is 21.1 Å². The highest BCUT2D eigenvalue weighted by atomic mass is 32.2. The van der Waals surface area contributed by atoms with E-state index < -0.39 is 9.84 Å². The molecule has 0 spiro atoms. The van der Waals surface area contributed by atoms with Crippen molar-refractivity contribution in [2.45, 2.75) is 38.1 Å². The Balaban J connectivity index is 2.04. The lowest BCUT2D eigenvalue weighted by Gasteiger charge is -2.07. The zero-order chi connectivity index (χ0) is 17.7. The summed E-state index contributed by atoms with van der Waals surface area (Å²) in [5.41, 5.74) is 1.58. The van der Waals surface area contributed by atoms with Gasteiger partial charge in [-0.3, -0.25) is 4.79 Å². The molecule has 0 bridgehead atoms. The van der Waals surface area contributed by atoms with E-state index in [0.29, 0.717) is 18.2 Å². The van der Waals surface area contributed by atoms with Crippen LogP contribution < -0.4 is 9.88 Å². The first-order valence-electron chi connectivity index (χ1n) is 7.88. The number of pyridine rings is 1. The molecule has 1 N–H and O–H groups in total. The summed E-state index contributed by atoms with van der Waals surface area (Å²) in [5, 5.41) is 2.62. The van der Waals surface area contributed by atoms with Gasteiger partial charge in [0, 0.05) is 24.7 Å². The van der Waals surface area contributed by atoms with E-state index >= 15 is 0 Å². The Hall–Kier alpha value is -2.21. The Morgan fingerprint density at radius 3 is 2.17 bits per heavy atom. The molecule has 1 aromatic carbocycles. The van der Waals surface area contributed by atoms with Gasteiger partial charge in [0.15, 0.2) is 28.3 Å². The van der Waals surface area contributed by atoms with Crippen molar-refractivity contribution in [2.75, 3.05) is 11.1 Å². The molecular weight excluding hydrogens is 324 g/mol. The van der Waals surface area contributed by atoms with Crippen molar-refractivity contribution in [3.8, 4) is 0 Å². The van der Waals surface area contributed by atoms with E-state index in [0.717, 1.165) is 5.56 Å². The molecule has 0 atom stereocenters. The molecule has 2 aromatic rings. The number of hydrogen-bond acceptors (Lipinski definition) is 3. The monoisotopic (exact) mass is 347 g/mol. The van der Waals surface area contributed by atoms with Gasteiger partial charge in [0.1, 0.15) is 0 Å². The maximum atomic E-state index is 12.4. The fourth-order valence-electron chi connectivity index (χ4n) is 2.30. The van der Waals surface area contributed by atoms with Gasteiger partial charge in [0.2, 0.25) is 5.91 Å². The van der Waals surface area contributed by atoms with Gasteiger partial charge in [-0.15, -0.1) is 0 Å². The molecule has 0 saturated heterocycles. The molecule has 0 saturated carbocycles. The van der Waals surface area contributed by atoms with Gasteiger partial charge in [-0.1, -0.05) is 0 Å². The topological polar surface area (TPSA) is 67.1 Å². The van der Waals surface area contributed by atoms with Crippen LogP contribution in [0.1, 0.15) is 32.4 Å².